The van der Waals surface area contributed by atoms with Gasteiger partial charge in [-0.05, 0) is 29.8 Å². The lowest BCUT2D eigenvalue weighted by molar-refractivity contribution is 0.986. The molecule has 4 rings (SSSR count). The number of nitrogens with zero attached hydrogens (tertiary/aromatic N) is 1. The van der Waals surface area contributed by atoms with E-state index in [1.165, 1.54) is 0 Å². The van der Waals surface area contributed by atoms with Crippen LogP contribution in [0.5, 0.6) is 0 Å². The van der Waals surface area contributed by atoms with E-state index in [1.54, 1.807) is 0 Å². The number of para-hydroxylation sites is 2. The van der Waals surface area contributed by atoms with Gasteiger partial charge in [0.25, 0.3) is 0 Å². The van der Waals surface area contributed by atoms with Crippen LogP contribution in [-0.4, -0.2) is 4.57 Å². The molecule has 0 saturated heterocycles. The molecule has 0 atom stereocenters. The van der Waals surface area contributed by atoms with Gasteiger partial charge in [-0.15, -0.1) is 0 Å². The minimum Gasteiger partial charge on any atom is -0.313 e. The van der Waals surface area contributed by atoms with Crippen molar-refractivity contribution in [3.8, 4) is 5.69 Å². The van der Waals surface area contributed by atoms with Crippen LogP contribution in [0.2, 0.25) is 0 Å². The highest BCUT2D eigenvalue weighted by atomic mass is 15.0. The summed E-state index contributed by atoms with van der Waals surface area (Å²) < 4.78 is 19.6. The van der Waals surface area contributed by atoms with Crippen LogP contribution in [0.3, 0.4) is 0 Å². The fraction of sp³-hybridized carbons (Fsp3) is 0.0476. The molecule has 106 valence electrons. The Balaban J connectivity index is 2.02. The third-order valence-electron chi connectivity index (χ3n) is 3.77. The Bertz CT molecular complexity index is 973. The van der Waals surface area contributed by atoms with Gasteiger partial charge in [-0.1, -0.05) is 66.7 Å². The van der Waals surface area contributed by atoms with Crippen molar-refractivity contribution in [1.82, 2.24) is 4.57 Å². The lowest BCUT2D eigenvalue weighted by Gasteiger charge is -2.11. The van der Waals surface area contributed by atoms with Gasteiger partial charge in [0.1, 0.15) is 0 Å². The Labute approximate surface area is 133 Å². The summed E-state index contributed by atoms with van der Waals surface area (Å²) in [5.74, 6) is 0. The molecule has 0 unspecified atom stereocenters. The molecule has 1 nitrogen and oxygen atoms in total. The summed E-state index contributed by atoms with van der Waals surface area (Å²) in [7, 11) is 0. The van der Waals surface area contributed by atoms with Gasteiger partial charge < -0.3 is 4.57 Å². The molecule has 0 amide bonds. The van der Waals surface area contributed by atoms with Crippen LogP contribution < -0.4 is 0 Å². The summed E-state index contributed by atoms with van der Waals surface area (Å²) in [6.07, 6.45) is -1.59. The molecular formula is C21H17N. The van der Waals surface area contributed by atoms with Crippen molar-refractivity contribution in [2.75, 3.05) is 0 Å². The molecule has 4 aromatic rings. The van der Waals surface area contributed by atoms with E-state index in [0.29, 0.717) is 11.3 Å². The van der Waals surface area contributed by atoms with E-state index in [-0.39, 0.29) is 0 Å². The molecule has 0 fully saturated rings. The number of aromatic nitrogens is 1. The second kappa shape index (κ2) is 5.53. The van der Waals surface area contributed by atoms with Crippen LogP contribution in [0.4, 0.5) is 0 Å². The second-order valence-electron chi connectivity index (χ2n) is 5.25. The van der Waals surface area contributed by atoms with Crippen LogP contribution in [0.1, 0.15) is 14.0 Å². The molecule has 1 aromatic heterocycles. The first kappa shape index (κ1) is 10.9. The summed E-state index contributed by atoms with van der Waals surface area (Å²) in [6.45, 7) is 0. The molecule has 1 heteroatoms. The van der Waals surface area contributed by atoms with Gasteiger partial charge in [0.05, 0.1) is 5.52 Å². The smallest absolute Gasteiger partial charge is 0.0531 e. The maximum Gasteiger partial charge on any atom is 0.0531 e. The molecule has 0 radical (unpaired) electrons. The van der Waals surface area contributed by atoms with Gasteiger partial charge >= 0.3 is 0 Å². The first-order valence-corrected chi connectivity index (χ1v) is 7.40. The van der Waals surface area contributed by atoms with Gasteiger partial charge in [-0.2, -0.15) is 0 Å². The zero-order valence-electron chi connectivity index (χ0n) is 14.1. The van der Waals surface area contributed by atoms with Crippen LogP contribution in [0.15, 0.2) is 91.0 Å². The molecule has 0 bridgehead atoms. The largest absolute Gasteiger partial charge is 0.313 e. The maximum absolute atomic E-state index is 8.78. The molecule has 0 aliphatic rings. The molecule has 1 heterocycles. The van der Waals surface area contributed by atoms with Crippen molar-refractivity contribution in [2.45, 2.75) is 6.37 Å². The predicted molar refractivity (Wildman–Crippen MR) is 92.5 cm³/mol. The summed E-state index contributed by atoms with van der Waals surface area (Å²) in [5, 5.41) is 1.04. The maximum atomic E-state index is 8.78. The van der Waals surface area contributed by atoms with Crippen LogP contribution in [0, 0.1) is 0 Å². The number of benzene rings is 3. The Morgan fingerprint density at radius 2 is 1.36 bits per heavy atom. The number of hydrogen-bond donors (Lipinski definition) is 0. The molecule has 0 aliphatic heterocycles. The average molecular weight is 285 g/mol. The first-order chi connectivity index (χ1) is 11.7. The zero-order chi connectivity index (χ0) is 16.6. The van der Waals surface area contributed by atoms with E-state index in [0.717, 1.165) is 16.6 Å². The van der Waals surface area contributed by atoms with Crippen molar-refractivity contribution in [2.24, 2.45) is 0 Å². The van der Waals surface area contributed by atoms with E-state index in [2.05, 4.69) is 0 Å². The van der Waals surface area contributed by atoms with E-state index in [4.69, 9.17) is 2.74 Å². The molecular weight excluding hydrogens is 266 g/mol. The molecule has 0 N–H and O–H groups in total. The quantitative estimate of drug-likeness (QED) is 0.486. The molecule has 0 spiro atoms. The second-order valence-corrected chi connectivity index (χ2v) is 5.25. The summed E-state index contributed by atoms with van der Waals surface area (Å²) in [6, 6.07) is 29.3. The number of fused-ring (bicyclic) bond motifs is 1. The van der Waals surface area contributed by atoms with Crippen molar-refractivity contribution in [1.29, 1.82) is 0 Å². The number of hydrogen-bond acceptors (Lipinski definition) is 0. The van der Waals surface area contributed by atoms with E-state index in [1.807, 2.05) is 95.6 Å². The van der Waals surface area contributed by atoms with Crippen LogP contribution in [-0.2, 0) is 6.37 Å². The van der Waals surface area contributed by atoms with Crippen molar-refractivity contribution in [3.05, 3.63) is 102 Å². The zero-order valence-corrected chi connectivity index (χ0v) is 12.1. The Kier molecular flexibility index (Phi) is 2.73. The van der Waals surface area contributed by atoms with E-state index < -0.39 is 6.37 Å². The van der Waals surface area contributed by atoms with Gasteiger partial charge in [-0.25, -0.2) is 0 Å². The standard InChI is InChI=1S/C21H17N/c1-3-9-17(10-4-1)15-20-16-18-11-7-8-14-21(18)22(20)19-12-5-2-6-13-19/h1-14,16H,15H2/i15D2. The average Bonchev–Trinajstić information content (AvgIpc) is 3.03. The third kappa shape index (κ3) is 2.31. The Hall–Kier alpha value is -2.80. The Morgan fingerprint density at radius 3 is 2.14 bits per heavy atom. The fourth-order valence-corrected chi connectivity index (χ4v) is 2.77. The van der Waals surface area contributed by atoms with Crippen molar-refractivity contribution >= 4 is 10.9 Å². The van der Waals surface area contributed by atoms with Gasteiger partial charge in [0, 0.05) is 25.9 Å². The fourth-order valence-electron chi connectivity index (χ4n) is 2.77. The SMILES string of the molecule is [2H]C([2H])(c1ccccc1)c1cc2ccccc2n1-c1ccccc1. The summed E-state index contributed by atoms with van der Waals surface area (Å²) >= 11 is 0. The minimum atomic E-state index is -1.59. The van der Waals surface area contributed by atoms with Gasteiger partial charge in [-0.3, -0.25) is 0 Å². The Morgan fingerprint density at radius 1 is 0.727 bits per heavy atom. The highest BCUT2D eigenvalue weighted by Crippen LogP contribution is 2.26. The summed E-state index contributed by atoms with van der Waals surface area (Å²) in [5.41, 5.74) is 3.28. The normalized spacial score (nSPS) is 12.9. The topological polar surface area (TPSA) is 4.93 Å². The monoisotopic (exact) mass is 285 g/mol. The molecule has 0 saturated carbocycles. The first-order valence-electron chi connectivity index (χ1n) is 8.40. The lowest BCUT2D eigenvalue weighted by atomic mass is 10.1. The molecule has 3 aromatic carbocycles. The van der Waals surface area contributed by atoms with Gasteiger partial charge in [0.2, 0.25) is 0 Å². The van der Waals surface area contributed by atoms with Crippen LogP contribution in [0.25, 0.3) is 16.6 Å². The highest BCUT2D eigenvalue weighted by molar-refractivity contribution is 5.83. The van der Waals surface area contributed by atoms with Crippen molar-refractivity contribution in [3.63, 3.8) is 0 Å². The highest BCUT2D eigenvalue weighted by Gasteiger charge is 2.10. The van der Waals surface area contributed by atoms with E-state index in [9.17, 15) is 0 Å². The minimum absolute atomic E-state index is 0.640. The number of rotatable bonds is 3. The van der Waals surface area contributed by atoms with E-state index >= 15 is 0 Å². The molecule has 22 heavy (non-hydrogen) atoms. The van der Waals surface area contributed by atoms with Crippen LogP contribution >= 0.6 is 0 Å². The summed E-state index contributed by atoms with van der Waals surface area (Å²) in [4.78, 5) is 0. The predicted octanol–water partition coefficient (Wildman–Crippen LogP) is 5.22. The van der Waals surface area contributed by atoms with Crippen molar-refractivity contribution < 1.29 is 2.74 Å². The molecule has 0 aliphatic carbocycles. The van der Waals surface area contributed by atoms with Gasteiger partial charge in [0.15, 0.2) is 0 Å². The third-order valence-corrected chi connectivity index (χ3v) is 3.77. The lowest BCUT2D eigenvalue weighted by Crippen LogP contribution is -2.00.